The molecule has 1 atom stereocenters. The molecule has 3 amide bonds. The number of carbonyl (C=O) groups excluding carboxylic acids is 2. The van der Waals surface area contributed by atoms with Crippen molar-refractivity contribution in [3.8, 4) is 0 Å². The number of imide groups is 1. The Morgan fingerprint density at radius 2 is 1.86 bits per heavy atom. The molecule has 1 fully saturated rings. The van der Waals surface area contributed by atoms with Gasteiger partial charge in [0.15, 0.2) is 0 Å². The van der Waals surface area contributed by atoms with E-state index in [1.54, 1.807) is 24.3 Å². The highest BCUT2D eigenvalue weighted by molar-refractivity contribution is 5.92. The minimum absolute atomic E-state index is 0.546. The zero-order valence-electron chi connectivity index (χ0n) is 7.19. The number of alkyl carbamates (subject to hydrolysis) is 1. The average Bonchev–Trinajstić information content (AvgIpc) is 2.18. The van der Waals surface area contributed by atoms with E-state index in [1.165, 1.54) is 0 Å². The van der Waals surface area contributed by atoms with Gasteiger partial charge in [0.25, 0.3) is 0 Å². The monoisotopic (exact) mass is 192 g/mol. The van der Waals surface area contributed by atoms with E-state index in [4.69, 9.17) is 4.74 Å². The first-order valence-corrected chi connectivity index (χ1v) is 4.09. The van der Waals surface area contributed by atoms with E-state index in [-0.39, 0.29) is 0 Å². The third kappa shape index (κ3) is 1.66. The molecule has 1 aromatic rings. The van der Waals surface area contributed by atoms with E-state index in [2.05, 4.69) is 5.32 Å². The second kappa shape index (κ2) is 3.37. The maximum atomic E-state index is 10.9. The molecule has 1 aliphatic rings. The van der Waals surface area contributed by atoms with Crippen molar-refractivity contribution < 1.29 is 14.3 Å². The smallest absolute Gasteiger partial charge is 0.417 e. The Morgan fingerprint density at radius 1 is 1.14 bits per heavy atom. The lowest BCUT2D eigenvalue weighted by atomic mass is 10.2. The number of nitrogens with one attached hydrogen (secondary N) is 2. The van der Waals surface area contributed by atoms with Crippen molar-refractivity contribution in [1.29, 1.82) is 0 Å². The second-order valence-corrected chi connectivity index (χ2v) is 2.79. The molecule has 0 bridgehead atoms. The number of rotatable bonds is 1. The highest BCUT2D eigenvalue weighted by atomic mass is 16.6. The summed E-state index contributed by atoms with van der Waals surface area (Å²) in [4.78, 5) is 21.8. The molecule has 1 aliphatic heterocycles. The minimum atomic E-state index is -0.734. The zero-order chi connectivity index (χ0) is 9.97. The number of amides is 3. The fourth-order valence-corrected chi connectivity index (χ4v) is 1.19. The second-order valence-electron chi connectivity index (χ2n) is 2.79. The van der Waals surface area contributed by atoms with Crippen LogP contribution < -0.4 is 10.6 Å². The highest BCUT2D eigenvalue weighted by Crippen LogP contribution is 2.15. The van der Waals surface area contributed by atoms with Gasteiger partial charge in [-0.05, 0) is 0 Å². The minimum Gasteiger partial charge on any atom is -0.421 e. The maximum Gasteiger partial charge on any atom is 0.417 e. The Morgan fingerprint density at radius 3 is 2.50 bits per heavy atom. The molecule has 0 aromatic heterocycles. The number of cyclic esters (lactones) is 1. The molecule has 2 N–H and O–H groups in total. The molecule has 1 aromatic carbocycles. The molecule has 0 aliphatic carbocycles. The Hall–Kier alpha value is -2.04. The van der Waals surface area contributed by atoms with Crippen LogP contribution in [0, 0.1) is 0 Å². The first kappa shape index (κ1) is 8.55. The van der Waals surface area contributed by atoms with Gasteiger partial charge < -0.3 is 4.74 Å². The fraction of sp³-hybridized carbons (Fsp3) is 0.111. The summed E-state index contributed by atoms with van der Waals surface area (Å²) in [6.45, 7) is 0. The lowest BCUT2D eigenvalue weighted by Crippen LogP contribution is -2.49. The Labute approximate surface area is 80.1 Å². The number of carbonyl (C=O) groups is 2. The summed E-state index contributed by atoms with van der Waals surface area (Å²) in [5.41, 5.74) is 0.732. The van der Waals surface area contributed by atoms with E-state index >= 15 is 0 Å². The van der Waals surface area contributed by atoms with Crippen molar-refractivity contribution in [2.24, 2.45) is 0 Å². The third-order valence-corrected chi connectivity index (χ3v) is 1.80. The molecule has 1 saturated heterocycles. The average molecular weight is 192 g/mol. The largest absolute Gasteiger partial charge is 0.421 e. The quantitative estimate of drug-likeness (QED) is 0.700. The number of hydrogen-bond acceptors (Lipinski definition) is 3. The SMILES string of the molecule is O=C1NC(=O)OC(c2ccccc2)N1. The summed E-state index contributed by atoms with van der Waals surface area (Å²) in [7, 11) is 0. The van der Waals surface area contributed by atoms with Gasteiger partial charge in [-0.1, -0.05) is 30.3 Å². The van der Waals surface area contributed by atoms with Crippen LogP contribution in [0.1, 0.15) is 11.8 Å². The third-order valence-electron chi connectivity index (χ3n) is 1.80. The number of hydrogen-bond donors (Lipinski definition) is 2. The van der Waals surface area contributed by atoms with E-state index < -0.39 is 18.4 Å². The summed E-state index contributed by atoms with van der Waals surface area (Å²) in [6, 6.07) is 8.44. The van der Waals surface area contributed by atoms with Crippen molar-refractivity contribution in [2.45, 2.75) is 6.23 Å². The zero-order valence-corrected chi connectivity index (χ0v) is 7.19. The Bertz CT molecular complexity index is 348. The predicted molar refractivity (Wildman–Crippen MR) is 47.3 cm³/mol. The van der Waals surface area contributed by atoms with E-state index in [0.29, 0.717) is 0 Å². The van der Waals surface area contributed by atoms with Gasteiger partial charge >= 0.3 is 12.1 Å². The fourth-order valence-electron chi connectivity index (χ4n) is 1.19. The molecule has 0 saturated carbocycles. The van der Waals surface area contributed by atoms with Crippen LogP contribution >= 0.6 is 0 Å². The molecule has 14 heavy (non-hydrogen) atoms. The van der Waals surface area contributed by atoms with E-state index in [9.17, 15) is 9.59 Å². The van der Waals surface area contributed by atoms with Crippen LogP contribution in [0.2, 0.25) is 0 Å². The Balaban J connectivity index is 2.19. The first-order chi connectivity index (χ1) is 6.75. The molecule has 0 spiro atoms. The molecule has 0 radical (unpaired) electrons. The summed E-state index contributed by atoms with van der Waals surface area (Å²) < 4.78 is 4.86. The van der Waals surface area contributed by atoms with Crippen molar-refractivity contribution in [1.82, 2.24) is 10.6 Å². The standard InChI is InChI=1S/C9H8N2O3/c12-8-10-7(14-9(13)11-8)6-4-2-1-3-5-6/h1-5,7H,(H2,10,11,12,13). The topological polar surface area (TPSA) is 67.4 Å². The van der Waals surface area contributed by atoms with Crippen LogP contribution in [0.15, 0.2) is 30.3 Å². The van der Waals surface area contributed by atoms with Crippen molar-refractivity contribution >= 4 is 12.1 Å². The van der Waals surface area contributed by atoms with Gasteiger partial charge in [-0.15, -0.1) is 0 Å². The molecule has 1 unspecified atom stereocenters. The van der Waals surface area contributed by atoms with E-state index in [0.717, 1.165) is 5.56 Å². The van der Waals surface area contributed by atoms with Crippen molar-refractivity contribution in [3.05, 3.63) is 35.9 Å². The van der Waals surface area contributed by atoms with Crippen LogP contribution in [0.3, 0.4) is 0 Å². The van der Waals surface area contributed by atoms with Gasteiger partial charge in [0, 0.05) is 5.56 Å². The van der Waals surface area contributed by atoms with Gasteiger partial charge in [0.1, 0.15) is 0 Å². The van der Waals surface area contributed by atoms with Crippen LogP contribution in [-0.2, 0) is 4.74 Å². The molecular weight excluding hydrogens is 184 g/mol. The van der Waals surface area contributed by atoms with Gasteiger partial charge in [-0.3, -0.25) is 5.32 Å². The maximum absolute atomic E-state index is 10.9. The molecule has 5 nitrogen and oxygen atoms in total. The van der Waals surface area contributed by atoms with Crippen LogP contribution in [0.25, 0.3) is 0 Å². The molecule has 5 heteroatoms. The van der Waals surface area contributed by atoms with Gasteiger partial charge in [-0.2, -0.15) is 0 Å². The first-order valence-electron chi connectivity index (χ1n) is 4.09. The number of urea groups is 1. The molecular formula is C9H8N2O3. The van der Waals surface area contributed by atoms with E-state index in [1.807, 2.05) is 11.4 Å². The predicted octanol–water partition coefficient (Wildman–Crippen LogP) is 1.13. The molecule has 72 valence electrons. The summed E-state index contributed by atoms with van der Waals surface area (Å²) in [5, 5.41) is 4.44. The molecule has 2 rings (SSSR count). The molecule has 1 heterocycles. The van der Waals surface area contributed by atoms with Crippen LogP contribution in [-0.4, -0.2) is 12.1 Å². The Kier molecular flexibility index (Phi) is 2.06. The lowest BCUT2D eigenvalue weighted by molar-refractivity contribution is 0.0693. The van der Waals surface area contributed by atoms with Crippen molar-refractivity contribution in [2.75, 3.05) is 0 Å². The lowest BCUT2D eigenvalue weighted by Gasteiger charge is -2.23. The normalized spacial score (nSPS) is 20.7. The van der Waals surface area contributed by atoms with Crippen LogP contribution in [0.4, 0.5) is 9.59 Å². The summed E-state index contributed by atoms with van der Waals surface area (Å²) in [6.07, 6.45) is -1.43. The van der Waals surface area contributed by atoms with Gasteiger partial charge in [-0.25, -0.2) is 14.9 Å². The number of benzene rings is 1. The van der Waals surface area contributed by atoms with Gasteiger partial charge in [0.05, 0.1) is 0 Å². The van der Waals surface area contributed by atoms with Crippen molar-refractivity contribution in [3.63, 3.8) is 0 Å². The van der Waals surface area contributed by atoms with Crippen LogP contribution in [0.5, 0.6) is 0 Å². The summed E-state index contributed by atoms with van der Waals surface area (Å²) in [5.74, 6) is 0. The number of ether oxygens (including phenoxy) is 1. The van der Waals surface area contributed by atoms with Gasteiger partial charge in [0.2, 0.25) is 6.23 Å². The summed E-state index contributed by atoms with van der Waals surface area (Å²) >= 11 is 0. The highest BCUT2D eigenvalue weighted by Gasteiger charge is 2.25.